The number of rotatable bonds is 3. The fraction of sp³-hybridized carbons (Fsp3) is 0.308. The summed E-state index contributed by atoms with van der Waals surface area (Å²) in [6.45, 7) is 2.14. The summed E-state index contributed by atoms with van der Waals surface area (Å²) in [5.41, 5.74) is 6.71. The number of hydrogen-bond donors (Lipinski definition) is 2. The Bertz CT molecular complexity index is 573. The van der Waals surface area contributed by atoms with E-state index < -0.39 is 11.7 Å². The van der Waals surface area contributed by atoms with E-state index in [1.807, 2.05) is 0 Å². The minimum absolute atomic E-state index is 0.0859. The third-order valence-corrected chi connectivity index (χ3v) is 2.96. The zero-order chi connectivity index (χ0) is 14.0. The molecule has 1 heterocycles. The van der Waals surface area contributed by atoms with Gasteiger partial charge in [-0.2, -0.15) is 18.3 Å². The van der Waals surface area contributed by atoms with Gasteiger partial charge >= 0.3 is 6.18 Å². The van der Waals surface area contributed by atoms with E-state index in [4.69, 9.17) is 5.73 Å². The highest BCUT2D eigenvalue weighted by atomic mass is 19.4. The summed E-state index contributed by atoms with van der Waals surface area (Å²) in [6.07, 6.45) is -3.91. The summed E-state index contributed by atoms with van der Waals surface area (Å²) in [5.74, 6) is 0. The lowest BCUT2D eigenvalue weighted by atomic mass is 9.99. The van der Waals surface area contributed by atoms with Gasteiger partial charge in [0, 0.05) is 16.8 Å². The first-order valence-electron chi connectivity index (χ1n) is 5.85. The van der Waals surface area contributed by atoms with Crippen molar-refractivity contribution in [3.05, 3.63) is 41.1 Å². The van der Waals surface area contributed by atoms with Crippen LogP contribution in [0, 0.1) is 6.92 Å². The molecule has 2 rings (SSSR count). The Kier molecular flexibility index (Phi) is 3.61. The van der Waals surface area contributed by atoms with E-state index in [1.54, 1.807) is 13.0 Å². The molecule has 0 aliphatic heterocycles. The first kappa shape index (κ1) is 13.6. The lowest BCUT2D eigenvalue weighted by Gasteiger charge is -2.12. The van der Waals surface area contributed by atoms with Crippen LogP contribution in [0.25, 0.3) is 11.3 Å². The minimum atomic E-state index is -4.40. The van der Waals surface area contributed by atoms with Crippen molar-refractivity contribution in [3.8, 4) is 11.3 Å². The third kappa shape index (κ3) is 2.63. The molecule has 3 nitrogen and oxygen atoms in total. The molecule has 0 unspecified atom stereocenters. The quantitative estimate of drug-likeness (QED) is 0.900. The SMILES string of the molecule is Cc1[nH]nc(-c2ccccc2C(F)(F)F)c1CCN. The molecule has 0 spiro atoms. The molecule has 0 saturated carbocycles. The average Bonchev–Trinajstić information content (AvgIpc) is 2.71. The van der Waals surface area contributed by atoms with Gasteiger partial charge in [0.15, 0.2) is 0 Å². The number of nitrogens with two attached hydrogens (primary N) is 1. The molecule has 0 radical (unpaired) electrons. The number of benzene rings is 1. The van der Waals surface area contributed by atoms with Gasteiger partial charge in [-0.1, -0.05) is 18.2 Å². The van der Waals surface area contributed by atoms with Gasteiger partial charge in [-0.3, -0.25) is 5.10 Å². The van der Waals surface area contributed by atoms with Crippen LogP contribution in [0.1, 0.15) is 16.8 Å². The molecule has 0 atom stereocenters. The molecule has 0 bridgehead atoms. The molecule has 2 aromatic rings. The molecular formula is C13H14F3N3. The number of nitrogens with one attached hydrogen (secondary N) is 1. The molecule has 1 aromatic heterocycles. The van der Waals surface area contributed by atoms with Crippen molar-refractivity contribution in [2.75, 3.05) is 6.54 Å². The first-order valence-corrected chi connectivity index (χ1v) is 5.85. The molecule has 1 aromatic carbocycles. The molecule has 0 amide bonds. The molecule has 6 heteroatoms. The fourth-order valence-corrected chi connectivity index (χ4v) is 2.06. The first-order chi connectivity index (χ1) is 8.95. The smallest absolute Gasteiger partial charge is 0.330 e. The molecule has 3 N–H and O–H groups in total. The molecule has 0 saturated heterocycles. The maximum absolute atomic E-state index is 13.0. The summed E-state index contributed by atoms with van der Waals surface area (Å²) in [7, 11) is 0. The Morgan fingerprint density at radius 1 is 1.26 bits per heavy atom. The van der Waals surface area contributed by atoms with Crippen LogP contribution < -0.4 is 5.73 Å². The molecular weight excluding hydrogens is 255 g/mol. The molecule has 102 valence electrons. The Hall–Kier alpha value is -1.82. The second-order valence-electron chi connectivity index (χ2n) is 4.26. The number of hydrogen-bond acceptors (Lipinski definition) is 2. The predicted octanol–water partition coefficient (Wildman–Crippen LogP) is 2.91. The van der Waals surface area contributed by atoms with E-state index in [9.17, 15) is 13.2 Å². The maximum atomic E-state index is 13.0. The molecule has 0 aliphatic carbocycles. The number of alkyl halides is 3. The van der Waals surface area contributed by atoms with Crippen molar-refractivity contribution in [1.82, 2.24) is 10.2 Å². The Morgan fingerprint density at radius 3 is 2.58 bits per heavy atom. The zero-order valence-electron chi connectivity index (χ0n) is 10.4. The van der Waals surface area contributed by atoms with Crippen LogP contribution in [0.2, 0.25) is 0 Å². The predicted molar refractivity (Wildman–Crippen MR) is 66.5 cm³/mol. The van der Waals surface area contributed by atoms with Crippen LogP contribution in [-0.4, -0.2) is 16.7 Å². The summed E-state index contributed by atoms with van der Waals surface area (Å²) < 4.78 is 39.0. The van der Waals surface area contributed by atoms with Crippen molar-refractivity contribution in [2.24, 2.45) is 5.73 Å². The normalized spacial score (nSPS) is 11.8. The summed E-state index contributed by atoms with van der Waals surface area (Å²) in [6, 6.07) is 5.43. The van der Waals surface area contributed by atoms with Crippen LogP contribution in [-0.2, 0) is 12.6 Å². The Balaban J connectivity index is 2.60. The summed E-state index contributed by atoms with van der Waals surface area (Å²) in [5, 5.41) is 6.72. The maximum Gasteiger partial charge on any atom is 0.417 e. The van der Waals surface area contributed by atoms with Crippen LogP contribution in [0.3, 0.4) is 0 Å². The zero-order valence-corrected chi connectivity index (χ0v) is 10.4. The van der Waals surface area contributed by atoms with E-state index in [0.29, 0.717) is 18.7 Å². The topological polar surface area (TPSA) is 54.7 Å². The van der Waals surface area contributed by atoms with Gasteiger partial charge in [0.2, 0.25) is 0 Å². The number of aromatic nitrogens is 2. The van der Waals surface area contributed by atoms with Gasteiger partial charge < -0.3 is 5.73 Å². The van der Waals surface area contributed by atoms with Crippen LogP contribution in [0.15, 0.2) is 24.3 Å². The van der Waals surface area contributed by atoms with Gasteiger partial charge in [-0.05, 0) is 26.0 Å². The molecule has 0 aliphatic rings. The number of nitrogens with zero attached hydrogens (tertiary/aromatic N) is 1. The van der Waals surface area contributed by atoms with Crippen molar-refractivity contribution in [3.63, 3.8) is 0 Å². The van der Waals surface area contributed by atoms with Crippen LogP contribution >= 0.6 is 0 Å². The van der Waals surface area contributed by atoms with E-state index >= 15 is 0 Å². The van der Waals surface area contributed by atoms with Gasteiger partial charge in [0.25, 0.3) is 0 Å². The van der Waals surface area contributed by atoms with Crippen molar-refractivity contribution < 1.29 is 13.2 Å². The molecule has 19 heavy (non-hydrogen) atoms. The number of aryl methyl sites for hydroxylation is 1. The van der Waals surface area contributed by atoms with Crippen LogP contribution in [0.5, 0.6) is 0 Å². The summed E-state index contributed by atoms with van der Waals surface area (Å²) >= 11 is 0. The Morgan fingerprint density at radius 2 is 1.95 bits per heavy atom. The summed E-state index contributed by atoms with van der Waals surface area (Å²) in [4.78, 5) is 0. The monoisotopic (exact) mass is 269 g/mol. The van der Waals surface area contributed by atoms with Gasteiger partial charge in [-0.15, -0.1) is 0 Å². The third-order valence-electron chi connectivity index (χ3n) is 2.96. The highest BCUT2D eigenvalue weighted by Gasteiger charge is 2.34. The van der Waals surface area contributed by atoms with E-state index in [2.05, 4.69) is 10.2 Å². The van der Waals surface area contributed by atoms with Gasteiger partial charge in [-0.25, -0.2) is 0 Å². The lowest BCUT2D eigenvalue weighted by molar-refractivity contribution is -0.137. The number of H-pyrrole nitrogens is 1. The highest BCUT2D eigenvalue weighted by Crippen LogP contribution is 2.37. The molecule has 0 fully saturated rings. The van der Waals surface area contributed by atoms with E-state index in [-0.39, 0.29) is 5.56 Å². The number of halogens is 3. The lowest BCUT2D eigenvalue weighted by Crippen LogP contribution is -2.09. The standard InChI is InChI=1S/C13H14F3N3/c1-8-9(6-7-17)12(19-18-8)10-4-2-3-5-11(10)13(14,15)16/h2-5H,6-7,17H2,1H3,(H,18,19). The van der Waals surface area contributed by atoms with Gasteiger partial charge in [0.05, 0.1) is 11.3 Å². The van der Waals surface area contributed by atoms with Crippen molar-refractivity contribution in [1.29, 1.82) is 0 Å². The Labute approximate surface area is 108 Å². The number of aromatic amines is 1. The van der Waals surface area contributed by atoms with Gasteiger partial charge in [0.1, 0.15) is 0 Å². The minimum Gasteiger partial charge on any atom is -0.330 e. The second kappa shape index (κ2) is 5.05. The largest absolute Gasteiger partial charge is 0.417 e. The average molecular weight is 269 g/mol. The van der Waals surface area contributed by atoms with Crippen molar-refractivity contribution in [2.45, 2.75) is 19.5 Å². The fourth-order valence-electron chi connectivity index (χ4n) is 2.06. The van der Waals surface area contributed by atoms with E-state index in [0.717, 1.165) is 17.3 Å². The van der Waals surface area contributed by atoms with Crippen LogP contribution in [0.4, 0.5) is 13.2 Å². The highest BCUT2D eigenvalue weighted by molar-refractivity contribution is 5.68. The van der Waals surface area contributed by atoms with E-state index in [1.165, 1.54) is 12.1 Å². The second-order valence-corrected chi connectivity index (χ2v) is 4.26. The van der Waals surface area contributed by atoms with Crippen molar-refractivity contribution >= 4 is 0 Å².